The first kappa shape index (κ1) is 23.0. The van der Waals surface area contributed by atoms with Gasteiger partial charge in [0, 0.05) is 0 Å². The summed E-state index contributed by atoms with van der Waals surface area (Å²) in [4.78, 5) is 0. The van der Waals surface area contributed by atoms with Gasteiger partial charge in [0.1, 0.15) is 0 Å². The van der Waals surface area contributed by atoms with Crippen LogP contribution in [0.3, 0.4) is 0 Å². The fourth-order valence-corrected chi connectivity index (χ4v) is 4.15. The van der Waals surface area contributed by atoms with Crippen molar-refractivity contribution in [3.8, 4) is 0 Å². The van der Waals surface area contributed by atoms with Crippen LogP contribution in [0.15, 0.2) is 17.7 Å². The lowest BCUT2D eigenvalue weighted by Crippen LogP contribution is -2.05. The third kappa shape index (κ3) is 7.68. The normalized spacial score (nSPS) is 13.5. The molecule has 0 saturated heterocycles. The molecule has 0 heterocycles. The molecule has 0 fully saturated rings. The number of hydrogen-bond donors (Lipinski definition) is 0. The minimum atomic E-state index is 0.726. The molecule has 1 aromatic carbocycles. The molecule has 2 atom stereocenters. The van der Waals surface area contributed by atoms with Crippen LogP contribution in [0.5, 0.6) is 0 Å². The average molecular weight is 357 g/mol. The summed E-state index contributed by atoms with van der Waals surface area (Å²) in [5, 5.41) is 0. The molecule has 1 aromatic rings. The molecule has 0 nitrogen and oxygen atoms in total. The van der Waals surface area contributed by atoms with Crippen molar-refractivity contribution in [1.29, 1.82) is 0 Å². The number of unbranched alkanes of at least 4 members (excludes halogenated alkanes) is 5. The van der Waals surface area contributed by atoms with Gasteiger partial charge < -0.3 is 0 Å². The molecule has 0 aliphatic heterocycles. The summed E-state index contributed by atoms with van der Waals surface area (Å²) in [5.74, 6) is 1.55. The quantitative estimate of drug-likeness (QED) is 0.275. The smallest absolute Gasteiger partial charge is 0.0234 e. The van der Waals surface area contributed by atoms with Crippen molar-refractivity contribution in [2.75, 3.05) is 0 Å². The third-order valence-corrected chi connectivity index (χ3v) is 6.35. The van der Waals surface area contributed by atoms with Gasteiger partial charge in [0.15, 0.2) is 0 Å². The van der Waals surface area contributed by atoms with Gasteiger partial charge >= 0.3 is 0 Å². The predicted octanol–water partition coefficient (Wildman–Crippen LogP) is 8.43. The van der Waals surface area contributed by atoms with Crippen molar-refractivity contribution in [1.82, 2.24) is 0 Å². The van der Waals surface area contributed by atoms with Crippen LogP contribution in [-0.4, -0.2) is 0 Å². The first-order valence-electron chi connectivity index (χ1n) is 10.9. The second-order valence-electron chi connectivity index (χ2n) is 8.98. The van der Waals surface area contributed by atoms with Gasteiger partial charge in [0.25, 0.3) is 0 Å². The van der Waals surface area contributed by atoms with Gasteiger partial charge in [-0.3, -0.25) is 0 Å². The van der Waals surface area contributed by atoms with Gasteiger partial charge in [-0.1, -0.05) is 70.1 Å². The van der Waals surface area contributed by atoms with Crippen LogP contribution in [0, 0.1) is 39.5 Å². The molecule has 2 unspecified atom stereocenters. The van der Waals surface area contributed by atoms with Crippen LogP contribution in [-0.2, 0) is 6.42 Å². The molecule has 0 heteroatoms. The topological polar surface area (TPSA) is 0 Å². The van der Waals surface area contributed by atoms with Gasteiger partial charge in [-0.05, 0) is 94.0 Å². The van der Waals surface area contributed by atoms with Gasteiger partial charge in [0.05, 0.1) is 0 Å². The number of benzene rings is 1. The van der Waals surface area contributed by atoms with E-state index in [9.17, 15) is 0 Å². The Bertz CT molecular complexity index is 572. The molecular formula is C26H44. The maximum absolute atomic E-state index is 2.43. The van der Waals surface area contributed by atoms with Crippen molar-refractivity contribution < 1.29 is 0 Å². The molecule has 0 radical (unpaired) electrons. The standard InChI is InChI=1S/C26H44/c1-19(2)17-21(4)20(3)15-13-11-9-10-12-14-16-26-23(6)18-22(5)24(7)25(26)8/h17-18,20-21H,9-16H2,1-8H3. The van der Waals surface area contributed by atoms with Crippen molar-refractivity contribution >= 4 is 0 Å². The molecule has 0 bridgehead atoms. The van der Waals surface area contributed by atoms with E-state index in [1.54, 1.807) is 5.56 Å². The first-order valence-corrected chi connectivity index (χ1v) is 10.9. The van der Waals surface area contributed by atoms with Gasteiger partial charge in [-0.2, -0.15) is 0 Å². The minimum absolute atomic E-state index is 0.726. The molecule has 0 aliphatic carbocycles. The highest BCUT2D eigenvalue weighted by Crippen LogP contribution is 2.24. The molecule has 0 amide bonds. The number of allylic oxidation sites excluding steroid dienone is 2. The number of aryl methyl sites for hydroxylation is 2. The first-order chi connectivity index (χ1) is 12.2. The van der Waals surface area contributed by atoms with Crippen LogP contribution in [0.25, 0.3) is 0 Å². The number of rotatable bonds is 11. The predicted molar refractivity (Wildman–Crippen MR) is 119 cm³/mol. The second-order valence-corrected chi connectivity index (χ2v) is 8.98. The largest absolute Gasteiger partial charge is 0.0828 e. The Morgan fingerprint density at radius 2 is 1.38 bits per heavy atom. The summed E-state index contributed by atoms with van der Waals surface area (Å²) in [6.07, 6.45) is 13.4. The fourth-order valence-electron chi connectivity index (χ4n) is 4.15. The lowest BCUT2D eigenvalue weighted by molar-refractivity contribution is 0.403. The zero-order valence-corrected chi connectivity index (χ0v) is 19.0. The van der Waals surface area contributed by atoms with Crippen molar-refractivity contribution in [2.45, 2.75) is 107 Å². The second kappa shape index (κ2) is 11.6. The van der Waals surface area contributed by atoms with E-state index >= 15 is 0 Å². The van der Waals surface area contributed by atoms with Crippen LogP contribution in [0.1, 0.15) is 100 Å². The summed E-state index contributed by atoms with van der Waals surface area (Å²) in [6, 6.07) is 2.37. The summed E-state index contributed by atoms with van der Waals surface area (Å²) < 4.78 is 0. The molecule has 0 spiro atoms. The molecule has 0 saturated carbocycles. The molecule has 0 aromatic heterocycles. The van der Waals surface area contributed by atoms with Crippen molar-refractivity contribution in [3.05, 3.63) is 45.5 Å². The van der Waals surface area contributed by atoms with E-state index in [1.807, 2.05) is 0 Å². The highest BCUT2D eigenvalue weighted by Gasteiger charge is 2.09. The van der Waals surface area contributed by atoms with E-state index in [0.29, 0.717) is 0 Å². The Morgan fingerprint density at radius 1 is 0.808 bits per heavy atom. The van der Waals surface area contributed by atoms with Crippen LogP contribution in [0.2, 0.25) is 0 Å². The average Bonchev–Trinajstić information content (AvgIpc) is 2.56. The highest BCUT2D eigenvalue weighted by atomic mass is 14.2. The Morgan fingerprint density at radius 3 is 2.00 bits per heavy atom. The monoisotopic (exact) mass is 356 g/mol. The van der Waals surface area contributed by atoms with Crippen LogP contribution < -0.4 is 0 Å². The summed E-state index contributed by atoms with van der Waals surface area (Å²) in [6.45, 7) is 18.3. The number of hydrogen-bond acceptors (Lipinski definition) is 0. The van der Waals surface area contributed by atoms with Gasteiger partial charge in [0.2, 0.25) is 0 Å². The zero-order valence-electron chi connectivity index (χ0n) is 19.0. The summed E-state index contributed by atoms with van der Waals surface area (Å²) in [5.41, 5.74) is 9.01. The molecule has 1 rings (SSSR count). The third-order valence-electron chi connectivity index (χ3n) is 6.35. The molecule has 26 heavy (non-hydrogen) atoms. The summed E-state index contributed by atoms with van der Waals surface area (Å²) in [7, 11) is 0. The Hall–Kier alpha value is -1.04. The van der Waals surface area contributed by atoms with Gasteiger partial charge in [-0.25, -0.2) is 0 Å². The van der Waals surface area contributed by atoms with E-state index in [0.717, 1.165) is 11.8 Å². The lowest BCUT2D eigenvalue weighted by Gasteiger charge is -2.17. The molecule has 0 N–H and O–H groups in total. The van der Waals surface area contributed by atoms with E-state index < -0.39 is 0 Å². The van der Waals surface area contributed by atoms with E-state index in [-0.39, 0.29) is 0 Å². The maximum atomic E-state index is 2.43. The van der Waals surface area contributed by atoms with Crippen molar-refractivity contribution in [3.63, 3.8) is 0 Å². The van der Waals surface area contributed by atoms with Crippen LogP contribution >= 0.6 is 0 Å². The van der Waals surface area contributed by atoms with E-state index in [4.69, 9.17) is 0 Å². The molecule has 0 aliphatic rings. The van der Waals surface area contributed by atoms with E-state index in [1.165, 1.54) is 79.2 Å². The molecular weight excluding hydrogens is 312 g/mol. The Labute approximate surface area is 164 Å². The summed E-state index contributed by atoms with van der Waals surface area (Å²) >= 11 is 0. The molecule has 148 valence electrons. The lowest BCUT2D eigenvalue weighted by atomic mass is 9.89. The maximum Gasteiger partial charge on any atom is -0.0234 e. The Kier molecular flexibility index (Phi) is 10.3. The SMILES string of the molecule is CC(C)=CC(C)C(C)CCCCCCCCc1c(C)cc(C)c(C)c1C. The zero-order chi connectivity index (χ0) is 19.7. The van der Waals surface area contributed by atoms with Crippen molar-refractivity contribution in [2.24, 2.45) is 11.8 Å². The van der Waals surface area contributed by atoms with Crippen LogP contribution in [0.4, 0.5) is 0 Å². The van der Waals surface area contributed by atoms with Gasteiger partial charge in [-0.15, -0.1) is 0 Å². The van der Waals surface area contributed by atoms with E-state index in [2.05, 4.69) is 67.5 Å². The fraction of sp³-hybridized carbons (Fsp3) is 0.692. The highest BCUT2D eigenvalue weighted by molar-refractivity contribution is 5.43. The Balaban J connectivity index is 2.19. The minimum Gasteiger partial charge on any atom is -0.0828 e.